The standard InChI is InChI=1S/C21H15N3O4/c1-26-17-5-2-13(3-6-17)20-16(11-23-24-20)8-15(10-22)21(25)14-4-7-18-19(9-14)28-12-27-18/h2-9,11H,12H2,1H3,(H,23,24). The van der Waals surface area contributed by atoms with Gasteiger partial charge in [0.15, 0.2) is 11.5 Å². The van der Waals surface area contributed by atoms with E-state index in [4.69, 9.17) is 14.2 Å². The van der Waals surface area contributed by atoms with Crippen LogP contribution >= 0.6 is 0 Å². The number of carbonyl (C=O) groups excluding carboxylic acids is 1. The Bertz CT molecular complexity index is 1110. The number of hydrogen-bond donors (Lipinski definition) is 1. The van der Waals surface area contributed by atoms with Crippen molar-refractivity contribution in [3.8, 4) is 34.6 Å². The molecular weight excluding hydrogens is 358 g/mol. The smallest absolute Gasteiger partial charge is 0.231 e. The first-order chi connectivity index (χ1) is 13.7. The number of Topliss-reactive ketones (excluding diaryl/α,β-unsaturated/α-hetero) is 1. The number of carbonyl (C=O) groups is 1. The van der Waals surface area contributed by atoms with E-state index >= 15 is 0 Å². The minimum Gasteiger partial charge on any atom is -0.497 e. The molecule has 28 heavy (non-hydrogen) atoms. The molecule has 1 aliphatic rings. The zero-order valence-electron chi connectivity index (χ0n) is 14.9. The molecule has 0 amide bonds. The van der Waals surface area contributed by atoms with E-state index < -0.39 is 5.78 Å². The number of aromatic nitrogens is 2. The first-order valence-electron chi connectivity index (χ1n) is 8.43. The third-order valence-electron chi connectivity index (χ3n) is 4.35. The summed E-state index contributed by atoms with van der Waals surface area (Å²) in [5.41, 5.74) is 2.55. The topological polar surface area (TPSA) is 97.2 Å². The van der Waals surface area contributed by atoms with Crippen molar-refractivity contribution in [2.24, 2.45) is 0 Å². The summed E-state index contributed by atoms with van der Waals surface area (Å²) in [5, 5.41) is 16.5. The number of nitrogens with zero attached hydrogens (tertiary/aromatic N) is 2. The minimum atomic E-state index is -0.400. The van der Waals surface area contributed by atoms with Gasteiger partial charge in [-0.1, -0.05) is 0 Å². The fourth-order valence-corrected chi connectivity index (χ4v) is 2.89. The molecule has 0 saturated carbocycles. The van der Waals surface area contributed by atoms with Crippen molar-refractivity contribution >= 4 is 11.9 Å². The van der Waals surface area contributed by atoms with Crippen LogP contribution in [0.4, 0.5) is 0 Å². The number of rotatable bonds is 5. The molecule has 2 heterocycles. The summed E-state index contributed by atoms with van der Waals surface area (Å²) in [4.78, 5) is 12.8. The van der Waals surface area contributed by atoms with Gasteiger partial charge in [-0.15, -0.1) is 0 Å². The van der Waals surface area contributed by atoms with Gasteiger partial charge >= 0.3 is 0 Å². The van der Waals surface area contributed by atoms with Crippen molar-refractivity contribution in [2.75, 3.05) is 13.9 Å². The van der Waals surface area contributed by atoms with E-state index in [-0.39, 0.29) is 12.4 Å². The second-order valence-electron chi connectivity index (χ2n) is 6.00. The van der Waals surface area contributed by atoms with Crippen molar-refractivity contribution in [1.29, 1.82) is 5.26 Å². The number of methoxy groups -OCH3 is 1. The molecule has 0 spiro atoms. The Morgan fingerprint density at radius 2 is 2.00 bits per heavy atom. The Balaban J connectivity index is 1.66. The van der Waals surface area contributed by atoms with Crippen LogP contribution in [0.5, 0.6) is 17.2 Å². The molecule has 0 fully saturated rings. The van der Waals surface area contributed by atoms with Gasteiger partial charge in [-0.3, -0.25) is 9.89 Å². The zero-order chi connectivity index (χ0) is 19.5. The number of nitrogens with one attached hydrogen (secondary N) is 1. The SMILES string of the molecule is COc1ccc(-c2[nH]ncc2C=C(C#N)C(=O)c2ccc3c(c2)OCO3)cc1. The van der Waals surface area contributed by atoms with Crippen LogP contribution in [0.15, 0.2) is 54.2 Å². The van der Waals surface area contributed by atoms with Crippen LogP contribution < -0.4 is 14.2 Å². The highest BCUT2D eigenvalue weighted by Crippen LogP contribution is 2.33. The average Bonchev–Trinajstić information content (AvgIpc) is 3.40. The lowest BCUT2D eigenvalue weighted by atomic mass is 10.0. The van der Waals surface area contributed by atoms with Gasteiger partial charge < -0.3 is 14.2 Å². The number of H-pyrrole nitrogens is 1. The lowest BCUT2D eigenvalue weighted by Gasteiger charge is -2.04. The molecule has 0 aliphatic carbocycles. The minimum absolute atomic E-state index is 0.00460. The van der Waals surface area contributed by atoms with E-state index in [1.54, 1.807) is 31.5 Å². The number of allylic oxidation sites excluding steroid dienone is 1. The average molecular weight is 373 g/mol. The second-order valence-corrected chi connectivity index (χ2v) is 6.00. The summed E-state index contributed by atoms with van der Waals surface area (Å²) in [6, 6.07) is 14.2. The van der Waals surface area contributed by atoms with Gasteiger partial charge in [-0.25, -0.2) is 0 Å². The third kappa shape index (κ3) is 3.19. The van der Waals surface area contributed by atoms with E-state index in [1.165, 1.54) is 6.08 Å². The molecule has 7 nitrogen and oxygen atoms in total. The molecule has 3 aromatic rings. The molecule has 2 aromatic carbocycles. The number of fused-ring (bicyclic) bond motifs is 1. The number of nitriles is 1. The quantitative estimate of drug-likeness (QED) is 0.417. The predicted octanol–water partition coefficient (Wildman–Crippen LogP) is 3.60. The largest absolute Gasteiger partial charge is 0.497 e. The van der Waals surface area contributed by atoms with Crippen LogP contribution in [0.2, 0.25) is 0 Å². The number of ether oxygens (including phenoxy) is 3. The van der Waals surface area contributed by atoms with Crippen molar-refractivity contribution in [3.63, 3.8) is 0 Å². The van der Waals surface area contributed by atoms with Gasteiger partial charge in [0.25, 0.3) is 0 Å². The second kappa shape index (κ2) is 7.29. The summed E-state index contributed by atoms with van der Waals surface area (Å²) in [6.45, 7) is 0.119. The highest BCUT2D eigenvalue weighted by atomic mass is 16.7. The number of aromatic amines is 1. The van der Waals surface area contributed by atoms with Crippen molar-refractivity contribution in [2.45, 2.75) is 0 Å². The van der Waals surface area contributed by atoms with Crippen molar-refractivity contribution < 1.29 is 19.0 Å². The van der Waals surface area contributed by atoms with Gasteiger partial charge in [0.1, 0.15) is 17.4 Å². The summed E-state index contributed by atoms with van der Waals surface area (Å²) < 4.78 is 15.7. The van der Waals surface area contributed by atoms with Crippen molar-refractivity contribution in [1.82, 2.24) is 10.2 Å². The Morgan fingerprint density at radius 3 is 2.75 bits per heavy atom. The molecule has 0 atom stereocenters. The Kier molecular flexibility index (Phi) is 4.52. The van der Waals surface area contributed by atoms with Crippen LogP contribution in [0.25, 0.3) is 17.3 Å². The number of ketones is 1. The Labute approximate surface area is 160 Å². The molecule has 138 valence electrons. The fourth-order valence-electron chi connectivity index (χ4n) is 2.89. The molecule has 0 radical (unpaired) electrons. The Morgan fingerprint density at radius 1 is 1.21 bits per heavy atom. The first kappa shape index (κ1) is 17.4. The molecular formula is C21H15N3O4. The first-order valence-corrected chi connectivity index (χ1v) is 8.43. The molecule has 7 heteroatoms. The maximum absolute atomic E-state index is 12.8. The summed E-state index contributed by atoms with van der Waals surface area (Å²) in [6.07, 6.45) is 3.10. The normalized spacial score (nSPS) is 12.5. The molecule has 0 saturated heterocycles. The maximum atomic E-state index is 12.8. The van der Waals surface area contributed by atoms with E-state index in [1.807, 2.05) is 30.3 Å². The fraction of sp³-hybridized carbons (Fsp3) is 0.0952. The molecule has 1 aromatic heterocycles. The molecule has 0 bridgehead atoms. The van der Waals surface area contributed by atoms with E-state index in [9.17, 15) is 10.1 Å². The van der Waals surface area contributed by atoms with Gasteiger partial charge in [0.05, 0.1) is 19.0 Å². The lowest BCUT2D eigenvalue weighted by Crippen LogP contribution is -2.02. The number of benzene rings is 2. The molecule has 4 rings (SSSR count). The molecule has 0 unspecified atom stereocenters. The van der Waals surface area contributed by atoms with Gasteiger partial charge in [-0.05, 0) is 48.5 Å². The summed E-state index contributed by atoms with van der Waals surface area (Å²) in [7, 11) is 1.60. The molecule has 1 aliphatic heterocycles. The van der Waals surface area contributed by atoms with Crippen LogP contribution in [-0.4, -0.2) is 29.9 Å². The van der Waals surface area contributed by atoms with Crippen LogP contribution in [0.1, 0.15) is 15.9 Å². The van der Waals surface area contributed by atoms with Crippen molar-refractivity contribution in [3.05, 3.63) is 65.4 Å². The van der Waals surface area contributed by atoms with E-state index in [2.05, 4.69) is 10.2 Å². The van der Waals surface area contributed by atoms with E-state index in [0.717, 1.165) is 11.3 Å². The number of hydrogen-bond acceptors (Lipinski definition) is 6. The third-order valence-corrected chi connectivity index (χ3v) is 4.35. The zero-order valence-corrected chi connectivity index (χ0v) is 14.9. The highest BCUT2D eigenvalue weighted by Gasteiger charge is 2.19. The van der Waals surface area contributed by atoms with Crippen LogP contribution in [0, 0.1) is 11.3 Å². The van der Waals surface area contributed by atoms with Gasteiger partial charge in [0.2, 0.25) is 12.6 Å². The van der Waals surface area contributed by atoms with E-state index in [0.29, 0.717) is 28.3 Å². The lowest BCUT2D eigenvalue weighted by molar-refractivity contribution is 0.103. The predicted molar refractivity (Wildman–Crippen MR) is 101 cm³/mol. The van der Waals surface area contributed by atoms with Gasteiger partial charge in [0, 0.05) is 16.7 Å². The monoisotopic (exact) mass is 373 g/mol. The van der Waals surface area contributed by atoms with Gasteiger partial charge in [-0.2, -0.15) is 10.4 Å². The molecule has 1 N–H and O–H groups in total. The Hall–Kier alpha value is -4.05. The van der Waals surface area contributed by atoms with Crippen LogP contribution in [-0.2, 0) is 0 Å². The maximum Gasteiger partial charge on any atom is 0.231 e. The highest BCUT2D eigenvalue weighted by molar-refractivity contribution is 6.14. The van der Waals surface area contributed by atoms with Crippen LogP contribution in [0.3, 0.4) is 0 Å². The summed E-state index contributed by atoms with van der Waals surface area (Å²) in [5.74, 6) is 1.40. The summed E-state index contributed by atoms with van der Waals surface area (Å²) >= 11 is 0.